The Bertz CT molecular complexity index is 862. The molecule has 2 N–H and O–H groups in total. The van der Waals surface area contributed by atoms with Crippen molar-refractivity contribution in [1.29, 1.82) is 0 Å². The SMILES string of the molecule is COc1cc(F)c([N+](=O)[O-])c(Nc2ccc3[nH]ncc3c2)c1. The summed E-state index contributed by atoms with van der Waals surface area (Å²) in [6, 6.07) is 7.58. The first-order valence-corrected chi connectivity index (χ1v) is 6.30. The molecule has 0 saturated carbocycles. The third-order valence-corrected chi connectivity index (χ3v) is 3.17. The monoisotopic (exact) mass is 302 g/mol. The lowest BCUT2D eigenvalue weighted by molar-refractivity contribution is -0.386. The molecule has 0 aliphatic carbocycles. The Balaban J connectivity index is 2.06. The van der Waals surface area contributed by atoms with Crippen LogP contribution in [-0.2, 0) is 0 Å². The van der Waals surface area contributed by atoms with Crippen molar-refractivity contribution in [2.75, 3.05) is 12.4 Å². The molecule has 8 heteroatoms. The van der Waals surface area contributed by atoms with Gasteiger partial charge in [0.05, 0.1) is 23.7 Å². The van der Waals surface area contributed by atoms with Gasteiger partial charge >= 0.3 is 5.69 Å². The lowest BCUT2D eigenvalue weighted by Crippen LogP contribution is -2.01. The average Bonchev–Trinajstić information content (AvgIpc) is 2.93. The van der Waals surface area contributed by atoms with Crippen LogP contribution >= 0.6 is 0 Å². The number of hydrogen-bond donors (Lipinski definition) is 2. The Morgan fingerprint density at radius 3 is 2.91 bits per heavy atom. The molecule has 0 atom stereocenters. The molecule has 1 aromatic heterocycles. The highest BCUT2D eigenvalue weighted by atomic mass is 19.1. The molecule has 3 rings (SSSR count). The molecule has 7 nitrogen and oxygen atoms in total. The standard InChI is InChI=1S/C14H11FN4O3/c1-22-10-5-11(15)14(19(20)21)13(6-10)17-9-2-3-12-8(4-9)7-16-18-12/h2-7,17H,1H3,(H,16,18). The summed E-state index contributed by atoms with van der Waals surface area (Å²) in [5, 5.41) is 21.4. The van der Waals surface area contributed by atoms with Gasteiger partial charge in [0.15, 0.2) is 0 Å². The number of nitro benzene ring substituents is 1. The van der Waals surface area contributed by atoms with E-state index in [4.69, 9.17) is 4.74 Å². The van der Waals surface area contributed by atoms with Gasteiger partial charge in [-0.2, -0.15) is 9.49 Å². The number of rotatable bonds is 4. The number of fused-ring (bicyclic) bond motifs is 1. The summed E-state index contributed by atoms with van der Waals surface area (Å²) in [7, 11) is 1.36. The highest BCUT2D eigenvalue weighted by Crippen LogP contribution is 2.34. The lowest BCUT2D eigenvalue weighted by Gasteiger charge is -2.10. The molecule has 0 spiro atoms. The Morgan fingerprint density at radius 2 is 2.18 bits per heavy atom. The number of benzene rings is 2. The lowest BCUT2D eigenvalue weighted by atomic mass is 10.2. The van der Waals surface area contributed by atoms with Gasteiger partial charge in [-0.3, -0.25) is 15.2 Å². The van der Waals surface area contributed by atoms with Gasteiger partial charge in [0.25, 0.3) is 0 Å². The van der Waals surface area contributed by atoms with Gasteiger partial charge in [0.1, 0.15) is 11.4 Å². The van der Waals surface area contributed by atoms with Crippen molar-refractivity contribution in [1.82, 2.24) is 10.2 Å². The van der Waals surface area contributed by atoms with Gasteiger partial charge in [0.2, 0.25) is 5.82 Å². The van der Waals surface area contributed by atoms with E-state index >= 15 is 0 Å². The molecule has 0 saturated heterocycles. The number of nitrogens with zero attached hydrogens (tertiary/aromatic N) is 2. The third kappa shape index (κ3) is 2.41. The van der Waals surface area contributed by atoms with Crippen LogP contribution in [0.1, 0.15) is 0 Å². The van der Waals surface area contributed by atoms with E-state index < -0.39 is 16.4 Å². The second kappa shape index (κ2) is 5.32. The minimum Gasteiger partial charge on any atom is -0.497 e. The molecule has 22 heavy (non-hydrogen) atoms. The summed E-state index contributed by atoms with van der Waals surface area (Å²) < 4.78 is 18.8. The predicted octanol–water partition coefficient (Wildman–Crippen LogP) is 3.36. The molecule has 0 aliphatic rings. The van der Waals surface area contributed by atoms with Gasteiger partial charge in [-0.05, 0) is 18.2 Å². The molecule has 3 aromatic rings. The van der Waals surface area contributed by atoms with Gasteiger partial charge in [-0.25, -0.2) is 0 Å². The van der Waals surface area contributed by atoms with Crippen molar-refractivity contribution in [2.45, 2.75) is 0 Å². The molecular weight excluding hydrogens is 291 g/mol. The molecule has 0 aliphatic heterocycles. The number of hydrogen-bond acceptors (Lipinski definition) is 5. The Labute approximate surface area is 123 Å². The van der Waals surface area contributed by atoms with E-state index in [2.05, 4.69) is 15.5 Å². The van der Waals surface area contributed by atoms with E-state index in [9.17, 15) is 14.5 Å². The Kier molecular flexibility index (Phi) is 3.34. The van der Waals surface area contributed by atoms with Crippen molar-refractivity contribution in [3.05, 3.63) is 52.5 Å². The second-order valence-corrected chi connectivity index (χ2v) is 4.56. The highest BCUT2D eigenvalue weighted by molar-refractivity contribution is 5.84. The van der Waals surface area contributed by atoms with E-state index in [0.29, 0.717) is 5.69 Å². The fraction of sp³-hybridized carbons (Fsp3) is 0.0714. The number of aromatic amines is 1. The highest BCUT2D eigenvalue weighted by Gasteiger charge is 2.22. The van der Waals surface area contributed by atoms with Crippen LogP contribution in [0.4, 0.5) is 21.5 Å². The van der Waals surface area contributed by atoms with Crippen LogP contribution in [0.2, 0.25) is 0 Å². The van der Waals surface area contributed by atoms with Crippen molar-refractivity contribution in [3.8, 4) is 5.75 Å². The number of methoxy groups -OCH3 is 1. The van der Waals surface area contributed by atoms with Crippen LogP contribution in [0.5, 0.6) is 5.75 Å². The minimum atomic E-state index is -0.962. The minimum absolute atomic E-state index is 0.0182. The molecule has 0 radical (unpaired) electrons. The van der Waals surface area contributed by atoms with Crippen molar-refractivity contribution in [3.63, 3.8) is 0 Å². The van der Waals surface area contributed by atoms with E-state index in [-0.39, 0.29) is 11.4 Å². The zero-order chi connectivity index (χ0) is 15.7. The average molecular weight is 302 g/mol. The number of nitrogens with one attached hydrogen (secondary N) is 2. The number of anilines is 2. The summed E-state index contributed by atoms with van der Waals surface area (Å²) in [6.07, 6.45) is 1.63. The second-order valence-electron chi connectivity index (χ2n) is 4.56. The van der Waals surface area contributed by atoms with Gasteiger partial charge < -0.3 is 10.1 Å². The van der Waals surface area contributed by atoms with Crippen molar-refractivity contribution in [2.24, 2.45) is 0 Å². The summed E-state index contributed by atoms with van der Waals surface area (Å²) in [5.74, 6) is -0.772. The van der Waals surface area contributed by atoms with E-state index in [0.717, 1.165) is 17.0 Å². The van der Waals surface area contributed by atoms with E-state index in [1.54, 1.807) is 24.4 Å². The maximum absolute atomic E-state index is 13.9. The first-order chi connectivity index (χ1) is 10.6. The molecule has 1 heterocycles. The number of aromatic nitrogens is 2. The predicted molar refractivity (Wildman–Crippen MR) is 79.0 cm³/mol. The summed E-state index contributed by atoms with van der Waals surface area (Å²) in [6.45, 7) is 0. The smallest absolute Gasteiger partial charge is 0.328 e. The summed E-state index contributed by atoms with van der Waals surface area (Å²) >= 11 is 0. The van der Waals surface area contributed by atoms with Gasteiger partial charge in [-0.15, -0.1) is 0 Å². The van der Waals surface area contributed by atoms with Crippen LogP contribution < -0.4 is 10.1 Å². The Morgan fingerprint density at radius 1 is 1.36 bits per heavy atom. The zero-order valence-corrected chi connectivity index (χ0v) is 11.5. The van der Waals surface area contributed by atoms with Crippen LogP contribution in [0, 0.1) is 15.9 Å². The van der Waals surface area contributed by atoms with E-state index in [1.165, 1.54) is 13.2 Å². The van der Waals surface area contributed by atoms with E-state index in [1.807, 2.05) is 0 Å². The van der Waals surface area contributed by atoms with Gasteiger partial charge in [-0.1, -0.05) is 0 Å². The first kappa shape index (κ1) is 13.8. The van der Waals surface area contributed by atoms with Crippen LogP contribution in [-0.4, -0.2) is 22.2 Å². The number of ether oxygens (including phenoxy) is 1. The number of nitro groups is 1. The molecule has 0 unspecified atom stereocenters. The largest absolute Gasteiger partial charge is 0.497 e. The molecular formula is C14H11FN4O3. The number of halogens is 1. The van der Waals surface area contributed by atoms with Crippen LogP contribution in [0.25, 0.3) is 10.9 Å². The van der Waals surface area contributed by atoms with Gasteiger partial charge in [0, 0.05) is 23.2 Å². The third-order valence-electron chi connectivity index (χ3n) is 3.17. The summed E-state index contributed by atoms with van der Waals surface area (Å²) in [5.41, 5.74) is 0.791. The fourth-order valence-electron chi connectivity index (χ4n) is 2.15. The first-order valence-electron chi connectivity index (χ1n) is 6.30. The topological polar surface area (TPSA) is 93.1 Å². The Hall–Kier alpha value is -3.16. The summed E-state index contributed by atoms with van der Waals surface area (Å²) in [4.78, 5) is 10.3. The van der Waals surface area contributed by atoms with Crippen molar-refractivity contribution < 1.29 is 14.1 Å². The number of H-pyrrole nitrogens is 1. The van der Waals surface area contributed by atoms with Crippen LogP contribution in [0.15, 0.2) is 36.5 Å². The molecule has 0 bridgehead atoms. The molecule has 0 amide bonds. The van der Waals surface area contributed by atoms with Crippen molar-refractivity contribution >= 4 is 28.0 Å². The maximum atomic E-state index is 13.9. The zero-order valence-electron chi connectivity index (χ0n) is 11.5. The molecule has 0 fully saturated rings. The van der Waals surface area contributed by atoms with Crippen LogP contribution in [0.3, 0.4) is 0 Å². The molecule has 2 aromatic carbocycles. The molecule has 112 valence electrons. The quantitative estimate of drug-likeness (QED) is 0.569. The normalized spacial score (nSPS) is 10.6. The fourth-order valence-corrected chi connectivity index (χ4v) is 2.15. The maximum Gasteiger partial charge on any atom is 0.328 e.